The summed E-state index contributed by atoms with van der Waals surface area (Å²) in [5.41, 5.74) is 3.82. The number of rotatable bonds is 7. The van der Waals surface area contributed by atoms with Gasteiger partial charge in [0.25, 0.3) is 0 Å². The van der Waals surface area contributed by atoms with E-state index >= 15 is 0 Å². The second-order valence-corrected chi connectivity index (χ2v) is 13.0. The van der Waals surface area contributed by atoms with E-state index in [9.17, 15) is 9.90 Å². The van der Waals surface area contributed by atoms with E-state index < -0.39 is 5.79 Å². The Labute approximate surface area is 218 Å². The average Bonchev–Trinajstić information content (AvgIpc) is 3.17. The lowest BCUT2D eigenvalue weighted by Gasteiger charge is -2.60. The molecule has 1 aromatic rings. The average molecular weight is 491 g/mol. The Kier molecular flexibility index (Phi) is 6.65. The van der Waals surface area contributed by atoms with Crippen LogP contribution in [0.5, 0.6) is 0 Å². The lowest BCUT2D eigenvalue weighted by atomic mass is 9.45. The summed E-state index contributed by atoms with van der Waals surface area (Å²) in [6.07, 6.45) is 14.1. The third kappa shape index (κ3) is 3.88. The number of carbonyl (C=O) groups excluding carboxylic acids is 1. The van der Waals surface area contributed by atoms with Gasteiger partial charge in [-0.05, 0) is 98.0 Å². The highest BCUT2D eigenvalue weighted by Gasteiger charge is 2.65. The summed E-state index contributed by atoms with van der Waals surface area (Å²) in [6.45, 7) is 13.3. The predicted octanol–water partition coefficient (Wildman–Crippen LogP) is 7.57. The molecule has 0 saturated heterocycles. The van der Waals surface area contributed by atoms with E-state index in [-0.39, 0.29) is 16.2 Å². The molecule has 3 heteroatoms. The SMILES string of the molecule is C=CC[C@]1(C(C)=O)CC[C@H]2[C@@H]3CC=C4C[C@](O)(OCc5ccc(CC)cc5)CC[C@]4(C)[C@H]3CC[C@@]21C. The number of Topliss-reactive ketones (excluding diaryl/α,β-unsaturated/α-hetero) is 1. The molecule has 1 N–H and O–H groups in total. The Bertz CT molecular complexity index is 1040. The van der Waals surface area contributed by atoms with Crippen LogP contribution in [0.2, 0.25) is 0 Å². The van der Waals surface area contributed by atoms with Crippen molar-refractivity contribution in [2.24, 2.45) is 34.0 Å². The third-order valence-corrected chi connectivity index (χ3v) is 11.6. The predicted molar refractivity (Wildman–Crippen MR) is 145 cm³/mol. The normalized spacial score (nSPS) is 41.6. The number of benzene rings is 1. The number of allylic oxidation sites excluding steroid dienone is 2. The summed E-state index contributed by atoms with van der Waals surface area (Å²) >= 11 is 0. The molecule has 4 aliphatic rings. The molecule has 0 aromatic heterocycles. The first-order valence-corrected chi connectivity index (χ1v) is 14.4. The van der Waals surface area contributed by atoms with Gasteiger partial charge in [0, 0.05) is 18.3 Å². The Hall–Kier alpha value is -1.71. The van der Waals surface area contributed by atoms with Crippen molar-refractivity contribution in [3.8, 4) is 0 Å². The molecule has 0 bridgehead atoms. The number of ketones is 1. The smallest absolute Gasteiger partial charge is 0.169 e. The van der Waals surface area contributed by atoms with E-state index in [1.807, 2.05) is 13.0 Å². The maximum Gasteiger partial charge on any atom is 0.169 e. The van der Waals surface area contributed by atoms with Gasteiger partial charge in [0.05, 0.1) is 6.61 Å². The van der Waals surface area contributed by atoms with Gasteiger partial charge in [-0.3, -0.25) is 4.79 Å². The molecule has 3 saturated carbocycles. The number of aliphatic hydroxyl groups is 1. The molecule has 3 nitrogen and oxygen atoms in total. The van der Waals surface area contributed by atoms with Crippen LogP contribution in [0.25, 0.3) is 0 Å². The molecular formula is C33H46O3. The first-order valence-electron chi connectivity index (χ1n) is 14.4. The minimum Gasteiger partial charge on any atom is -0.365 e. The van der Waals surface area contributed by atoms with Crippen LogP contribution in [0.15, 0.2) is 48.6 Å². The molecule has 0 heterocycles. The molecule has 0 spiro atoms. The lowest BCUT2D eigenvalue weighted by Crippen LogP contribution is -2.55. The molecular weight excluding hydrogens is 444 g/mol. The second-order valence-electron chi connectivity index (χ2n) is 13.0. The molecule has 4 aliphatic carbocycles. The summed E-state index contributed by atoms with van der Waals surface area (Å²) in [4.78, 5) is 13.0. The topological polar surface area (TPSA) is 46.5 Å². The van der Waals surface area contributed by atoms with Crippen LogP contribution in [-0.2, 0) is 22.6 Å². The fourth-order valence-electron chi connectivity index (χ4n) is 9.27. The van der Waals surface area contributed by atoms with Crippen LogP contribution >= 0.6 is 0 Å². The zero-order valence-corrected chi connectivity index (χ0v) is 22.9. The van der Waals surface area contributed by atoms with Gasteiger partial charge in [0.15, 0.2) is 5.79 Å². The largest absolute Gasteiger partial charge is 0.365 e. The number of carbonyl (C=O) groups is 1. The molecule has 0 amide bonds. The van der Waals surface area contributed by atoms with Gasteiger partial charge in [0.1, 0.15) is 5.78 Å². The second kappa shape index (κ2) is 9.24. The quantitative estimate of drug-likeness (QED) is 0.317. The minimum atomic E-state index is -1.08. The van der Waals surface area contributed by atoms with Gasteiger partial charge in [-0.15, -0.1) is 6.58 Å². The van der Waals surface area contributed by atoms with Crippen molar-refractivity contribution in [1.29, 1.82) is 0 Å². The summed E-state index contributed by atoms with van der Waals surface area (Å²) in [5, 5.41) is 11.5. The van der Waals surface area contributed by atoms with Crippen LogP contribution in [0.1, 0.15) is 96.6 Å². The third-order valence-electron chi connectivity index (χ3n) is 11.6. The highest BCUT2D eigenvalue weighted by atomic mass is 16.6. The monoisotopic (exact) mass is 490 g/mol. The van der Waals surface area contributed by atoms with Gasteiger partial charge in [0.2, 0.25) is 0 Å². The molecule has 3 fully saturated rings. The Morgan fingerprint density at radius 2 is 1.78 bits per heavy atom. The van der Waals surface area contributed by atoms with Crippen molar-refractivity contribution in [3.63, 3.8) is 0 Å². The Morgan fingerprint density at radius 1 is 1.08 bits per heavy atom. The van der Waals surface area contributed by atoms with Crippen molar-refractivity contribution in [2.45, 2.75) is 104 Å². The first-order chi connectivity index (χ1) is 17.1. The highest BCUT2D eigenvalue weighted by molar-refractivity contribution is 5.84. The Balaban J connectivity index is 1.33. The number of hydrogen-bond acceptors (Lipinski definition) is 3. The van der Waals surface area contributed by atoms with E-state index in [4.69, 9.17) is 4.74 Å². The van der Waals surface area contributed by atoms with Gasteiger partial charge in [-0.2, -0.15) is 0 Å². The minimum absolute atomic E-state index is 0.0712. The highest BCUT2D eigenvalue weighted by Crippen LogP contribution is 2.70. The maximum atomic E-state index is 13.0. The molecule has 0 aliphatic heterocycles. The van der Waals surface area contributed by atoms with Crippen LogP contribution in [0.4, 0.5) is 0 Å². The van der Waals surface area contributed by atoms with Gasteiger partial charge < -0.3 is 9.84 Å². The molecule has 5 rings (SSSR count). The van der Waals surface area contributed by atoms with E-state index in [1.54, 1.807) is 0 Å². The van der Waals surface area contributed by atoms with Gasteiger partial charge in [-0.1, -0.05) is 62.8 Å². The van der Waals surface area contributed by atoms with E-state index in [2.05, 4.69) is 57.7 Å². The number of hydrogen-bond donors (Lipinski definition) is 1. The molecule has 196 valence electrons. The Morgan fingerprint density at radius 3 is 2.44 bits per heavy atom. The molecule has 0 unspecified atom stereocenters. The van der Waals surface area contributed by atoms with Crippen molar-refractivity contribution >= 4 is 5.78 Å². The molecule has 7 atom stereocenters. The zero-order valence-electron chi connectivity index (χ0n) is 22.9. The van der Waals surface area contributed by atoms with E-state index in [1.165, 1.54) is 17.6 Å². The van der Waals surface area contributed by atoms with Crippen molar-refractivity contribution in [1.82, 2.24) is 0 Å². The van der Waals surface area contributed by atoms with Gasteiger partial charge >= 0.3 is 0 Å². The molecule has 36 heavy (non-hydrogen) atoms. The summed E-state index contributed by atoms with van der Waals surface area (Å²) in [6, 6.07) is 8.54. The van der Waals surface area contributed by atoms with Crippen molar-refractivity contribution in [3.05, 3.63) is 59.7 Å². The van der Waals surface area contributed by atoms with Gasteiger partial charge in [-0.25, -0.2) is 0 Å². The van der Waals surface area contributed by atoms with E-state index in [0.717, 1.165) is 50.5 Å². The summed E-state index contributed by atoms with van der Waals surface area (Å²) in [7, 11) is 0. The van der Waals surface area contributed by atoms with Crippen LogP contribution in [-0.4, -0.2) is 16.7 Å². The molecule has 1 aromatic carbocycles. The number of ether oxygens (including phenoxy) is 1. The fourth-order valence-corrected chi connectivity index (χ4v) is 9.27. The lowest BCUT2D eigenvalue weighted by molar-refractivity contribution is -0.231. The molecule has 0 radical (unpaired) electrons. The van der Waals surface area contributed by atoms with Crippen molar-refractivity contribution in [2.75, 3.05) is 0 Å². The fraction of sp³-hybridized carbons (Fsp3) is 0.667. The maximum absolute atomic E-state index is 13.0. The van der Waals surface area contributed by atoms with Crippen molar-refractivity contribution < 1.29 is 14.6 Å². The zero-order chi connectivity index (χ0) is 25.8. The summed E-state index contributed by atoms with van der Waals surface area (Å²) < 4.78 is 6.19. The standard InChI is InChI=1S/C33H46O3/c1-6-16-32(23(3)34)18-15-29-27-13-12-26-21-33(35,36-22-25-10-8-24(7-2)9-11-25)20-19-30(26,4)28(27)14-17-31(29,32)5/h6,8-12,27-29,35H,1,7,13-22H2,2-5H3/t27-,28+,29+,30+,31+,32-,33-/m1/s1. The number of fused-ring (bicyclic) bond motifs is 5. The first kappa shape index (κ1) is 25.9. The number of aryl methyl sites for hydroxylation is 1. The van der Waals surface area contributed by atoms with Crippen LogP contribution < -0.4 is 0 Å². The van der Waals surface area contributed by atoms with Crippen LogP contribution in [0, 0.1) is 34.0 Å². The summed E-state index contributed by atoms with van der Waals surface area (Å²) in [5.74, 6) is 1.15. The van der Waals surface area contributed by atoms with Crippen LogP contribution in [0.3, 0.4) is 0 Å². The van der Waals surface area contributed by atoms with E-state index in [0.29, 0.717) is 43.0 Å².